The fourth-order valence-electron chi connectivity index (χ4n) is 2.66. The summed E-state index contributed by atoms with van der Waals surface area (Å²) in [6.07, 6.45) is 0. The van der Waals surface area contributed by atoms with Crippen LogP contribution in [-0.2, 0) is 5.75 Å². The van der Waals surface area contributed by atoms with Gasteiger partial charge in [-0.2, -0.15) is 5.10 Å². The fraction of sp³-hybridized carbons (Fsp3) is 0.263. The Kier molecular flexibility index (Phi) is 4.62. The van der Waals surface area contributed by atoms with E-state index in [9.17, 15) is 9.90 Å². The topological polar surface area (TPSA) is 55.1 Å². The predicted octanol–water partition coefficient (Wildman–Crippen LogP) is 4.82. The molecule has 0 bridgehead atoms. The number of fused-ring (bicyclic) bond motifs is 1. The molecule has 3 aromatic rings. The maximum Gasteiger partial charge on any atom is 0.179 e. The van der Waals surface area contributed by atoms with Gasteiger partial charge in [-0.25, -0.2) is 0 Å². The lowest BCUT2D eigenvalue weighted by atomic mass is 10.1. The number of carbonyl (C=O) groups is 1. The first-order chi connectivity index (χ1) is 11.5. The first kappa shape index (κ1) is 16.6. The number of hydrogen-bond acceptors (Lipinski definition) is 4. The average molecular weight is 340 g/mol. The van der Waals surface area contributed by atoms with Crippen molar-refractivity contribution in [1.82, 2.24) is 9.78 Å². The van der Waals surface area contributed by atoms with Gasteiger partial charge < -0.3 is 5.11 Å². The van der Waals surface area contributed by atoms with Crippen molar-refractivity contribution in [2.24, 2.45) is 0 Å². The van der Waals surface area contributed by atoms with Crippen molar-refractivity contribution in [3.63, 3.8) is 0 Å². The molecule has 0 radical (unpaired) electrons. The second-order valence-corrected chi connectivity index (χ2v) is 7.12. The summed E-state index contributed by atoms with van der Waals surface area (Å²) in [6.45, 7) is 5.63. The molecule has 124 valence electrons. The van der Waals surface area contributed by atoms with Crippen LogP contribution in [0.3, 0.4) is 0 Å². The van der Waals surface area contributed by atoms with Gasteiger partial charge in [0.25, 0.3) is 0 Å². The number of thioether (sulfide) groups is 1. The third-order valence-electron chi connectivity index (χ3n) is 3.86. The monoisotopic (exact) mass is 340 g/mol. The molecule has 4 nitrogen and oxygen atoms in total. The smallest absolute Gasteiger partial charge is 0.179 e. The standard InChI is InChI=1S/C19H20N2O2S/c1-12(2)21-15(9-18(20-21)13(3)22)11-24-16-8-14-6-4-5-7-17(14)19(23)10-16/h4-10,12,23H,11H2,1-3H3. The molecule has 1 N–H and O–H groups in total. The second-order valence-electron chi connectivity index (χ2n) is 6.07. The number of Topliss-reactive ketones (excluding diaryl/α,β-unsaturated/α-hetero) is 1. The third kappa shape index (κ3) is 3.31. The lowest BCUT2D eigenvalue weighted by Gasteiger charge is -2.11. The number of aromatic nitrogens is 2. The Balaban J connectivity index is 1.87. The molecule has 0 aliphatic carbocycles. The lowest BCUT2D eigenvalue weighted by molar-refractivity contribution is 0.101. The number of aromatic hydroxyl groups is 1. The van der Waals surface area contributed by atoms with Gasteiger partial charge in [0.15, 0.2) is 5.78 Å². The number of rotatable bonds is 5. The van der Waals surface area contributed by atoms with Crippen LogP contribution in [0, 0.1) is 0 Å². The van der Waals surface area contributed by atoms with Gasteiger partial charge >= 0.3 is 0 Å². The molecule has 0 amide bonds. The van der Waals surface area contributed by atoms with E-state index in [2.05, 4.69) is 11.2 Å². The molecule has 0 atom stereocenters. The highest BCUT2D eigenvalue weighted by Gasteiger charge is 2.14. The summed E-state index contributed by atoms with van der Waals surface area (Å²) in [5.41, 5.74) is 1.51. The normalized spacial score (nSPS) is 11.3. The Bertz CT molecular complexity index is 900. The Morgan fingerprint density at radius 1 is 1.25 bits per heavy atom. The van der Waals surface area contributed by atoms with Gasteiger partial charge in [0.2, 0.25) is 0 Å². The van der Waals surface area contributed by atoms with Crippen LogP contribution in [0.2, 0.25) is 0 Å². The van der Waals surface area contributed by atoms with Gasteiger partial charge in [-0.15, -0.1) is 11.8 Å². The largest absolute Gasteiger partial charge is 0.507 e. The van der Waals surface area contributed by atoms with E-state index in [1.807, 2.05) is 48.9 Å². The van der Waals surface area contributed by atoms with Gasteiger partial charge in [0.1, 0.15) is 11.4 Å². The minimum atomic E-state index is -0.0241. The summed E-state index contributed by atoms with van der Waals surface area (Å²) in [7, 11) is 0. The maximum absolute atomic E-state index is 11.6. The van der Waals surface area contributed by atoms with Crippen LogP contribution in [0.1, 0.15) is 43.0 Å². The first-order valence-electron chi connectivity index (χ1n) is 7.89. The molecule has 24 heavy (non-hydrogen) atoms. The van der Waals surface area contributed by atoms with Crippen LogP contribution in [0.25, 0.3) is 10.8 Å². The highest BCUT2D eigenvalue weighted by molar-refractivity contribution is 7.98. The van der Waals surface area contributed by atoms with Gasteiger partial charge in [0, 0.05) is 34.7 Å². The summed E-state index contributed by atoms with van der Waals surface area (Å²) >= 11 is 1.63. The SMILES string of the molecule is CC(=O)c1cc(CSc2cc(O)c3ccccc3c2)n(C(C)C)n1. The number of hydrogen-bond donors (Lipinski definition) is 1. The van der Waals surface area contributed by atoms with Crippen LogP contribution >= 0.6 is 11.8 Å². The van der Waals surface area contributed by atoms with Crippen molar-refractivity contribution in [3.05, 3.63) is 53.9 Å². The van der Waals surface area contributed by atoms with Crippen LogP contribution in [0.15, 0.2) is 47.4 Å². The molecule has 0 saturated carbocycles. The minimum Gasteiger partial charge on any atom is -0.507 e. The highest BCUT2D eigenvalue weighted by Crippen LogP contribution is 2.33. The van der Waals surface area contributed by atoms with Crippen LogP contribution in [0.5, 0.6) is 5.75 Å². The molecular weight excluding hydrogens is 320 g/mol. The van der Waals surface area contributed by atoms with Crippen LogP contribution < -0.4 is 0 Å². The quantitative estimate of drug-likeness (QED) is 0.534. The molecule has 2 aromatic carbocycles. The van der Waals surface area contributed by atoms with Crippen molar-refractivity contribution < 1.29 is 9.90 Å². The molecule has 0 saturated heterocycles. The Labute approximate surface area is 145 Å². The van der Waals surface area contributed by atoms with E-state index in [-0.39, 0.29) is 17.6 Å². The maximum atomic E-state index is 11.6. The van der Waals surface area contributed by atoms with Crippen molar-refractivity contribution in [2.75, 3.05) is 0 Å². The third-order valence-corrected chi connectivity index (χ3v) is 4.87. The Morgan fingerprint density at radius 3 is 2.71 bits per heavy atom. The zero-order chi connectivity index (χ0) is 17.3. The zero-order valence-electron chi connectivity index (χ0n) is 14.0. The lowest BCUT2D eigenvalue weighted by Crippen LogP contribution is -2.07. The predicted molar refractivity (Wildman–Crippen MR) is 97.8 cm³/mol. The van der Waals surface area contributed by atoms with Crippen molar-refractivity contribution >= 4 is 28.3 Å². The van der Waals surface area contributed by atoms with Gasteiger partial charge in [-0.3, -0.25) is 9.48 Å². The molecule has 0 aliphatic heterocycles. The average Bonchev–Trinajstić information content (AvgIpc) is 2.98. The van der Waals surface area contributed by atoms with E-state index < -0.39 is 0 Å². The van der Waals surface area contributed by atoms with Crippen LogP contribution in [0.4, 0.5) is 0 Å². The summed E-state index contributed by atoms with van der Waals surface area (Å²) < 4.78 is 1.89. The number of nitrogens with zero attached hydrogens (tertiary/aromatic N) is 2. The molecule has 0 aliphatic rings. The van der Waals surface area contributed by atoms with E-state index in [1.54, 1.807) is 17.8 Å². The summed E-state index contributed by atoms with van der Waals surface area (Å²) in [6, 6.07) is 13.7. The zero-order valence-corrected chi connectivity index (χ0v) is 14.8. The molecule has 0 unspecified atom stereocenters. The molecular formula is C19H20N2O2S. The number of carbonyl (C=O) groups excluding carboxylic acids is 1. The Hall–Kier alpha value is -2.27. The van der Waals surface area contributed by atoms with Gasteiger partial charge in [0.05, 0.1) is 0 Å². The number of benzene rings is 2. The van der Waals surface area contributed by atoms with E-state index >= 15 is 0 Å². The number of phenolic OH excluding ortho intramolecular Hbond substituents is 1. The van der Waals surface area contributed by atoms with Crippen LogP contribution in [-0.4, -0.2) is 20.7 Å². The van der Waals surface area contributed by atoms with E-state index in [4.69, 9.17) is 0 Å². The second kappa shape index (κ2) is 6.69. The van der Waals surface area contributed by atoms with Gasteiger partial charge in [-0.05, 0) is 37.4 Å². The first-order valence-corrected chi connectivity index (χ1v) is 8.88. The summed E-state index contributed by atoms with van der Waals surface area (Å²) in [5, 5.41) is 16.5. The summed E-state index contributed by atoms with van der Waals surface area (Å²) in [5.74, 6) is 0.956. The van der Waals surface area contributed by atoms with E-state index in [0.29, 0.717) is 11.4 Å². The van der Waals surface area contributed by atoms with Crippen molar-refractivity contribution in [1.29, 1.82) is 0 Å². The van der Waals surface area contributed by atoms with E-state index in [1.165, 1.54) is 6.92 Å². The molecule has 5 heteroatoms. The number of phenols is 1. The minimum absolute atomic E-state index is 0.0241. The molecule has 1 heterocycles. The summed E-state index contributed by atoms with van der Waals surface area (Å²) in [4.78, 5) is 12.6. The molecule has 0 fully saturated rings. The number of ketones is 1. The molecule has 0 spiro atoms. The molecule has 1 aromatic heterocycles. The molecule has 3 rings (SSSR count). The highest BCUT2D eigenvalue weighted by atomic mass is 32.2. The fourth-order valence-corrected chi connectivity index (χ4v) is 3.60. The van der Waals surface area contributed by atoms with Gasteiger partial charge in [-0.1, -0.05) is 24.3 Å². The van der Waals surface area contributed by atoms with E-state index in [0.717, 1.165) is 21.4 Å². The van der Waals surface area contributed by atoms with Crippen molar-refractivity contribution in [3.8, 4) is 5.75 Å². The van der Waals surface area contributed by atoms with Crippen molar-refractivity contribution in [2.45, 2.75) is 37.5 Å². The Morgan fingerprint density at radius 2 is 2.00 bits per heavy atom.